The minimum atomic E-state index is 0.629. The van der Waals surface area contributed by atoms with Crippen LogP contribution in [0.25, 0.3) is 16.9 Å². The Morgan fingerprint density at radius 2 is 2.24 bits per heavy atom. The average Bonchev–Trinajstić information content (AvgIpc) is 2.99. The highest BCUT2D eigenvalue weighted by Gasteiger charge is 2.17. The molecule has 0 radical (unpaired) electrons. The maximum absolute atomic E-state index is 5.10. The van der Waals surface area contributed by atoms with E-state index in [1.165, 1.54) is 0 Å². The number of imidazole rings is 1. The molecule has 3 aromatic rings. The van der Waals surface area contributed by atoms with Crippen molar-refractivity contribution in [3.05, 3.63) is 30.5 Å². The van der Waals surface area contributed by atoms with Crippen LogP contribution in [0.4, 0.5) is 5.82 Å². The van der Waals surface area contributed by atoms with Gasteiger partial charge in [-0.1, -0.05) is 0 Å². The summed E-state index contributed by atoms with van der Waals surface area (Å²) in [5, 5.41) is 7.78. The van der Waals surface area contributed by atoms with Crippen LogP contribution in [-0.4, -0.2) is 44.4 Å². The number of methoxy groups -OCH3 is 1. The highest BCUT2D eigenvalue weighted by Crippen LogP contribution is 2.30. The van der Waals surface area contributed by atoms with Crippen molar-refractivity contribution in [2.75, 3.05) is 25.6 Å². The molecule has 3 rings (SSSR count). The van der Waals surface area contributed by atoms with Gasteiger partial charge >= 0.3 is 0 Å². The molecule has 0 amide bonds. The molecular weight excluding hydrogens is 268 g/mol. The number of hydrogen-bond donors (Lipinski definition) is 1. The Hall–Kier alpha value is -2.41. The van der Waals surface area contributed by atoms with Gasteiger partial charge in [-0.25, -0.2) is 4.98 Å². The third-order valence-corrected chi connectivity index (χ3v) is 3.30. The van der Waals surface area contributed by atoms with Crippen LogP contribution >= 0.6 is 0 Å². The normalized spacial score (nSPS) is 11.2. The van der Waals surface area contributed by atoms with Gasteiger partial charge in [-0.2, -0.15) is 5.10 Å². The number of aryl methyl sites for hydroxylation is 2. The van der Waals surface area contributed by atoms with Gasteiger partial charge in [0.1, 0.15) is 11.5 Å². The van der Waals surface area contributed by atoms with Crippen molar-refractivity contribution in [2.24, 2.45) is 7.05 Å². The van der Waals surface area contributed by atoms with E-state index in [1.54, 1.807) is 24.2 Å². The SMILES string of the molecule is COCCNc1c(-c2cn(C)nc2C)nc2cnccn12. The zero-order valence-corrected chi connectivity index (χ0v) is 12.4. The van der Waals surface area contributed by atoms with E-state index in [0.717, 1.165) is 28.4 Å². The van der Waals surface area contributed by atoms with Gasteiger partial charge < -0.3 is 10.1 Å². The van der Waals surface area contributed by atoms with Crippen molar-refractivity contribution >= 4 is 11.5 Å². The quantitative estimate of drug-likeness (QED) is 0.720. The lowest BCUT2D eigenvalue weighted by atomic mass is 10.2. The number of nitrogens with zero attached hydrogens (tertiary/aromatic N) is 5. The average molecular weight is 286 g/mol. The first-order valence-corrected chi connectivity index (χ1v) is 6.76. The van der Waals surface area contributed by atoms with E-state index in [2.05, 4.69) is 20.4 Å². The lowest BCUT2D eigenvalue weighted by Crippen LogP contribution is -2.10. The minimum Gasteiger partial charge on any atom is -0.383 e. The van der Waals surface area contributed by atoms with Crippen LogP contribution in [0.3, 0.4) is 0 Å². The van der Waals surface area contributed by atoms with Crippen LogP contribution in [0.15, 0.2) is 24.8 Å². The lowest BCUT2D eigenvalue weighted by molar-refractivity contribution is 0.210. The number of hydrogen-bond acceptors (Lipinski definition) is 5. The number of ether oxygens (including phenoxy) is 1. The van der Waals surface area contributed by atoms with E-state index < -0.39 is 0 Å². The molecule has 0 aliphatic rings. The molecule has 7 heteroatoms. The summed E-state index contributed by atoms with van der Waals surface area (Å²) in [7, 11) is 3.60. The molecule has 1 N–H and O–H groups in total. The van der Waals surface area contributed by atoms with Crippen LogP contribution in [0.5, 0.6) is 0 Å². The second kappa shape index (κ2) is 5.53. The molecule has 0 atom stereocenters. The van der Waals surface area contributed by atoms with Gasteiger partial charge in [0.2, 0.25) is 0 Å². The van der Waals surface area contributed by atoms with Crippen LogP contribution in [-0.2, 0) is 11.8 Å². The molecule has 0 aliphatic heterocycles. The molecule has 0 aromatic carbocycles. The van der Waals surface area contributed by atoms with Crippen molar-refractivity contribution in [1.29, 1.82) is 0 Å². The number of fused-ring (bicyclic) bond motifs is 1. The topological polar surface area (TPSA) is 69.3 Å². The Labute approximate surface area is 122 Å². The summed E-state index contributed by atoms with van der Waals surface area (Å²) in [6.07, 6.45) is 7.37. The summed E-state index contributed by atoms with van der Waals surface area (Å²) in [5.41, 5.74) is 3.64. The van der Waals surface area contributed by atoms with E-state index in [-0.39, 0.29) is 0 Å². The van der Waals surface area contributed by atoms with E-state index in [4.69, 9.17) is 4.74 Å². The minimum absolute atomic E-state index is 0.629. The van der Waals surface area contributed by atoms with Crippen LogP contribution in [0.1, 0.15) is 5.69 Å². The maximum atomic E-state index is 5.10. The summed E-state index contributed by atoms with van der Waals surface area (Å²) in [4.78, 5) is 8.81. The Morgan fingerprint density at radius 3 is 2.95 bits per heavy atom. The second-order valence-electron chi connectivity index (χ2n) is 4.83. The number of rotatable bonds is 5. The van der Waals surface area contributed by atoms with E-state index in [1.807, 2.05) is 30.8 Å². The molecule has 0 spiro atoms. The molecule has 0 fully saturated rings. The van der Waals surface area contributed by atoms with Gasteiger partial charge in [0.25, 0.3) is 0 Å². The summed E-state index contributed by atoms with van der Waals surface area (Å²) in [6, 6.07) is 0. The highest BCUT2D eigenvalue weighted by atomic mass is 16.5. The first kappa shape index (κ1) is 13.6. The van der Waals surface area contributed by atoms with Gasteiger partial charge in [0.15, 0.2) is 5.65 Å². The largest absolute Gasteiger partial charge is 0.383 e. The van der Waals surface area contributed by atoms with E-state index in [0.29, 0.717) is 13.2 Å². The first-order valence-electron chi connectivity index (χ1n) is 6.76. The summed E-state index contributed by atoms with van der Waals surface area (Å²) < 4.78 is 8.89. The molecule has 110 valence electrons. The van der Waals surface area contributed by atoms with Crippen LogP contribution in [0, 0.1) is 6.92 Å². The molecule has 0 bridgehead atoms. The summed E-state index contributed by atoms with van der Waals surface area (Å²) in [5.74, 6) is 0.931. The molecule has 21 heavy (non-hydrogen) atoms. The fraction of sp³-hybridized carbons (Fsp3) is 0.357. The zero-order chi connectivity index (χ0) is 14.8. The maximum Gasteiger partial charge on any atom is 0.157 e. The number of aromatic nitrogens is 5. The van der Waals surface area contributed by atoms with E-state index >= 15 is 0 Å². The predicted octanol–water partition coefficient (Wildman–Crippen LogP) is 1.50. The fourth-order valence-electron chi connectivity index (χ4n) is 2.37. The predicted molar refractivity (Wildman–Crippen MR) is 80.3 cm³/mol. The van der Waals surface area contributed by atoms with Gasteiger partial charge in [-0.05, 0) is 6.92 Å². The van der Waals surface area contributed by atoms with Crippen molar-refractivity contribution in [3.8, 4) is 11.3 Å². The number of nitrogens with one attached hydrogen (secondary N) is 1. The third kappa shape index (κ3) is 2.47. The standard InChI is InChI=1S/C14H18N6O/c1-10-11(9-19(2)18-10)13-14(16-5-7-21-3)20-6-4-15-8-12(20)17-13/h4,6,8-9,16H,5,7H2,1-3H3. The van der Waals surface area contributed by atoms with Crippen molar-refractivity contribution in [3.63, 3.8) is 0 Å². The molecule has 0 aliphatic carbocycles. The van der Waals surface area contributed by atoms with E-state index in [9.17, 15) is 0 Å². The Kier molecular flexibility index (Phi) is 3.57. The van der Waals surface area contributed by atoms with Gasteiger partial charge in [-0.3, -0.25) is 14.1 Å². The summed E-state index contributed by atoms with van der Waals surface area (Å²) >= 11 is 0. The molecule has 3 heterocycles. The highest BCUT2D eigenvalue weighted by molar-refractivity contribution is 5.77. The smallest absolute Gasteiger partial charge is 0.157 e. The fourth-order valence-corrected chi connectivity index (χ4v) is 2.37. The Bertz CT molecular complexity index is 760. The van der Waals surface area contributed by atoms with Gasteiger partial charge in [0, 0.05) is 44.9 Å². The van der Waals surface area contributed by atoms with Crippen molar-refractivity contribution < 1.29 is 4.74 Å². The van der Waals surface area contributed by atoms with Gasteiger partial charge in [-0.15, -0.1) is 0 Å². The van der Waals surface area contributed by atoms with Gasteiger partial charge in [0.05, 0.1) is 18.5 Å². The van der Waals surface area contributed by atoms with Crippen LogP contribution in [0.2, 0.25) is 0 Å². The molecule has 0 saturated heterocycles. The Balaban J connectivity index is 2.12. The zero-order valence-electron chi connectivity index (χ0n) is 12.4. The molecule has 0 saturated carbocycles. The first-order chi connectivity index (χ1) is 10.2. The van der Waals surface area contributed by atoms with Crippen LogP contribution < -0.4 is 5.32 Å². The Morgan fingerprint density at radius 1 is 1.38 bits per heavy atom. The monoisotopic (exact) mass is 286 g/mol. The number of anilines is 1. The third-order valence-electron chi connectivity index (χ3n) is 3.30. The summed E-state index contributed by atoms with van der Waals surface area (Å²) in [6.45, 7) is 3.32. The van der Waals surface area contributed by atoms with Crippen molar-refractivity contribution in [1.82, 2.24) is 24.1 Å². The molecule has 7 nitrogen and oxygen atoms in total. The second-order valence-corrected chi connectivity index (χ2v) is 4.83. The molecule has 0 unspecified atom stereocenters. The molecular formula is C14H18N6O. The lowest BCUT2D eigenvalue weighted by Gasteiger charge is -2.07. The molecule has 3 aromatic heterocycles. The van der Waals surface area contributed by atoms with Crippen molar-refractivity contribution in [2.45, 2.75) is 6.92 Å².